The molecule has 2 aromatic heterocycles. The molecule has 15 heteroatoms. The second-order valence-corrected chi connectivity index (χ2v) is 10.2. The monoisotopic (exact) mass is 580 g/mol. The number of methoxy groups -OCH3 is 1. The summed E-state index contributed by atoms with van der Waals surface area (Å²) >= 11 is 0. The van der Waals surface area contributed by atoms with E-state index in [0.717, 1.165) is 6.20 Å². The third kappa shape index (κ3) is 5.55. The third-order valence-electron chi connectivity index (χ3n) is 7.47. The Morgan fingerprint density at radius 1 is 1.34 bits per heavy atom. The zero-order chi connectivity index (χ0) is 29.5. The van der Waals surface area contributed by atoms with Gasteiger partial charge in [0.1, 0.15) is 17.7 Å². The van der Waals surface area contributed by atoms with E-state index in [9.17, 15) is 13.2 Å². The number of rotatable bonds is 9. The molecule has 220 valence electrons. The minimum atomic E-state index is -4.52. The van der Waals surface area contributed by atoms with Crippen molar-refractivity contribution in [2.24, 2.45) is 5.11 Å². The summed E-state index contributed by atoms with van der Waals surface area (Å²) in [5, 5.41) is 12.8. The number of ether oxygens (including phenoxy) is 2. The number of aromatic nitrogens is 3. The first-order valence-electron chi connectivity index (χ1n) is 12.8. The van der Waals surface area contributed by atoms with Crippen molar-refractivity contribution in [1.29, 1.82) is 5.53 Å². The average Bonchev–Trinajstić information content (AvgIpc) is 3.22. The van der Waals surface area contributed by atoms with Crippen LogP contribution >= 0.6 is 0 Å². The fraction of sp³-hybridized carbons (Fsp3) is 0.462. The smallest absolute Gasteiger partial charge is 0.405 e. The SMILES string of the molecule is C=C(C)C1(F)CN(C2COC2)CC[C@H]1Nc1nc(OC)c2c(-c3ccc(N=N)c(NCC(F)(F)F)c3)c(F)cn2n1. The number of nitrogens with zero attached hydrogens (tertiary/aromatic N) is 5. The van der Waals surface area contributed by atoms with Gasteiger partial charge >= 0.3 is 6.18 Å². The van der Waals surface area contributed by atoms with Crippen LogP contribution < -0.4 is 15.4 Å². The summed E-state index contributed by atoms with van der Waals surface area (Å²) < 4.78 is 82.0. The van der Waals surface area contributed by atoms with Crippen LogP contribution in [0.3, 0.4) is 0 Å². The van der Waals surface area contributed by atoms with Crippen molar-refractivity contribution in [2.75, 3.05) is 50.6 Å². The van der Waals surface area contributed by atoms with Crippen molar-refractivity contribution in [3.63, 3.8) is 0 Å². The molecule has 2 saturated heterocycles. The first kappa shape index (κ1) is 28.7. The molecule has 1 aromatic carbocycles. The summed E-state index contributed by atoms with van der Waals surface area (Å²) in [5.74, 6) is -0.783. The van der Waals surface area contributed by atoms with Crippen LogP contribution in [0.1, 0.15) is 13.3 Å². The Balaban J connectivity index is 1.48. The standard InChI is InChI=1S/C26H29F5N8O2/c1-14(2)25(28)13-38(16-10-41-11-16)7-6-20(25)34-24-35-23(40-3)22-21(17(27)9-39(22)37-24)15-4-5-18(36-32)19(8-15)33-12-26(29,30)31/h4-5,8-9,16,20,32-33H,1,6-7,10-13H2,2-3H3,(H,34,37)/t20-,25?/m1/s1. The lowest BCUT2D eigenvalue weighted by Gasteiger charge is -2.48. The molecule has 0 saturated carbocycles. The predicted molar refractivity (Wildman–Crippen MR) is 141 cm³/mol. The maximum atomic E-state index is 16.3. The maximum Gasteiger partial charge on any atom is 0.405 e. The summed E-state index contributed by atoms with van der Waals surface area (Å²) in [6.07, 6.45) is -3.02. The Labute approximate surface area is 232 Å². The van der Waals surface area contributed by atoms with Crippen LogP contribution in [0.25, 0.3) is 16.6 Å². The summed E-state index contributed by atoms with van der Waals surface area (Å²) in [7, 11) is 1.33. The Morgan fingerprint density at radius 2 is 2.10 bits per heavy atom. The molecule has 0 spiro atoms. The van der Waals surface area contributed by atoms with Gasteiger partial charge in [-0.1, -0.05) is 12.6 Å². The predicted octanol–water partition coefficient (Wildman–Crippen LogP) is 5.35. The van der Waals surface area contributed by atoms with Gasteiger partial charge in [0.15, 0.2) is 11.5 Å². The summed E-state index contributed by atoms with van der Waals surface area (Å²) in [6.45, 7) is 6.01. The molecule has 2 aliphatic heterocycles. The van der Waals surface area contributed by atoms with E-state index >= 15 is 8.78 Å². The van der Waals surface area contributed by atoms with Crippen LogP contribution in [-0.2, 0) is 4.74 Å². The Hall–Kier alpha value is -3.85. The van der Waals surface area contributed by atoms with E-state index in [1.807, 2.05) is 4.90 Å². The van der Waals surface area contributed by atoms with E-state index < -0.39 is 30.2 Å². The zero-order valence-electron chi connectivity index (χ0n) is 22.4. The van der Waals surface area contributed by atoms with E-state index in [1.54, 1.807) is 6.92 Å². The van der Waals surface area contributed by atoms with Gasteiger partial charge in [-0.25, -0.2) is 18.8 Å². The molecule has 3 aromatic rings. The van der Waals surface area contributed by atoms with Gasteiger partial charge < -0.3 is 20.1 Å². The van der Waals surface area contributed by atoms with E-state index in [-0.39, 0.29) is 52.4 Å². The molecular weight excluding hydrogens is 551 g/mol. The number of hydrogen-bond donors (Lipinski definition) is 3. The van der Waals surface area contributed by atoms with Gasteiger partial charge in [-0.15, -0.1) is 5.10 Å². The normalized spacial score (nSPS) is 21.9. The highest BCUT2D eigenvalue weighted by molar-refractivity contribution is 5.88. The quantitative estimate of drug-likeness (QED) is 0.178. The molecule has 4 heterocycles. The number of halogens is 5. The van der Waals surface area contributed by atoms with Crippen LogP contribution in [-0.4, -0.2) is 83.4 Å². The highest BCUT2D eigenvalue weighted by Gasteiger charge is 2.47. The van der Waals surface area contributed by atoms with Gasteiger partial charge in [-0.3, -0.25) is 4.90 Å². The van der Waals surface area contributed by atoms with E-state index in [0.29, 0.717) is 31.8 Å². The molecule has 2 atom stereocenters. The first-order chi connectivity index (χ1) is 19.4. The number of benzene rings is 1. The number of likely N-dealkylation sites (tertiary alicyclic amines) is 1. The third-order valence-corrected chi connectivity index (χ3v) is 7.47. The maximum absolute atomic E-state index is 16.3. The van der Waals surface area contributed by atoms with Crippen molar-refractivity contribution in [1.82, 2.24) is 19.5 Å². The number of alkyl halides is 4. The van der Waals surface area contributed by atoms with E-state index in [4.69, 9.17) is 15.0 Å². The number of piperidine rings is 1. The van der Waals surface area contributed by atoms with Crippen molar-refractivity contribution in [3.05, 3.63) is 42.4 Å². The largest absolute Gasteiger partial charge is 0.479 e. The molecule has 0 aliphatic carbocycles. The molecule has 5 rings (SSSR count). The lowest BCUT2D eigenvalue weighted by molar-refractivity contribution is -0.115. The Kier molecular flexibility index (Phi) is 7.59. The molecule has 41 heavy (non-hydrogen) atoms. The lowest BCUT2D eigenvalue weighted by Crippen LogP contribution is -2.62. The number of fused-ring (bicyclic) bond motifs is 1. The molecule has 0 amide bonds. The van der Waals surface area contributed by atoms with E-state index in [2.05, 4.69) is 32.4 Å². The van der Waals surface area contributed by atoms with Crippen LogP contribution in [0.2, 0.25) is 0 Å². The van der Waals surface area contributed by atoms with Crippen LogP contribution in [0.4, 0.5) is 39.3 Å². The average molecular weight is 581 g/mol. The molecule has 10 nitrogen and oxygen atoms in total. The molecule has 2 fully saturated rings. The number of nitrogens with one attached hydrogen (secondary N) is 3. The second-order valence-electron chi connectivity index (χ2n) is 10.2. The van der Waals surface area contributed by atoms with Crippen molar-refractivity contribution < 1.29 is 31.4 Å². The van der Waals surface area contributed by atoms with Crippen molar-refractivity contribution in [3.8, 4) is 17.0 Å². The molecule has 0 bridgehead atoms. The van der Waals surface area contributed by atoms with Gasteiger partial charge in [0.2, 0.25) is 11.8 Å². The fourth-order valence-corrected chi connectivity index (χ4v) is 5.15. The second kappa shape index (κ2) is 10.9. The zero-order valence-corrected chi connectivity index (χ0v) is 22.4. The highest BCUT2D eigenvalue weighted by Crippen LogP contribution is 2.39. The van der Waals surface area contributed by atoms with Crippen molar-refractivity contribution in [2.45, 2.75) is 37.3 Å². The van der Waals surface area contributed by atoms with Gasteiger partial charge in [0, 0.05) is 13.1 Å². The number of anilines is 2. The fourth-order valence-electron chi connectivity index (χ4n) is 5.15. The molecule has 0 radical (unpaired) electrons. The first-order valence-corrected chi connectivity index (χ1v) is 12.8. The lowest BCUT2D eigenvalue weighted by atomic mass is 9.83. The van der Waals surface area contributed by atoms with Gasteiger partial charge in [0.05, 0.1) is 49.9 Å². The van der Waals surface area contributed by atoms with Crippen molar-refractivity contribution >= 4 is 22.8 Å². The topological polar surface area (TPSA) is 112 Å². The minimum Gasteiger partial charge on any atom is -0.479 e. The number of hydrogen-bond acceptors (Lipinski definition) is 9. The summed E-state index contributed by atoms with van der Waals surface area (Å²) in [4.78, 5) is 6.42. The highest BCUT2D eigenvalue weighted by atomic mass is 19.4. The summed E-state index contributed by atoms with van der Waals surface area (Å²) in [5.41, 5.74) is 5.92. The van der Waals surface area contributed by atoms with Crippen LogP contribution in [0, 0.1) is 11.3 Å². The summed E-state index contributed by atoms with van der Waals surface area (Å²) in [6, 6.07) is 3.42. The van der Waals surface area contributed by atoms with E-state index in [1.165, 1.54) is 29.8 Å². The van der Waals surface area contributed by atoms with Gasteiger partial charge in [-0.2, -0.15) is 23.3 Å². The molecule has 1 unspecified atom stereocenters. The molecule has 3 N–H and O–H groups in total. The van der Waals surface area contributed by atoms with Crippen LogP contribution in [0.15, 0.2) is 41.7 Å². The molecular formula is C26H29F5N8O2. The van der Waals surface area contributed by atoms with Gasteiger partial charge in [0.25, 0.3) is 0 Å². The minimum absolute atomic E-state index is 0.000453. The van der Waals surface area contributed by atoms with Crippen LogP contribution in [0.5, 0.6) is 5.88 Å². The van der Waals surface area contributed by atoms with Gasteiger partial charge in [-0.05, 0) is 36.6 Å². The Bertz CT molecular complexity index is 1470. The Morgan fingerprint density at radius 3 is 2.71 bits per heavy atom. The molecule has 2 aliphatic rings.